The minimum Gasteiger partial charge on any atom is -0.483 e. The molecule has 0 bridgehead atoms. The van der Waals surface area contributed by atoms with E-state index in [0.29, 0.717) is 30.2 Å². The Labute approximate surface area is 287 Å². The predicted molar refractivity (Wildman–Crippen MR) is 183 cm³/mol. The number of carbonyl (C=O) groups is 4. The highest BCUT2D eigenvalue weighted by Gasteiger charge is 2.32. The van der Waals surface area contributed by atoms with Crippen molar-refractivity contribution in [3.05, 3.63) is 128 Å². The molecule has 5 rings (SSSR count). The zero-order valence-electron chi connectivity index (χ0n) is 27.1. The van der Waals surface area contributed by atoms with Crippen LogP contribution in [0.3, 0.4) is 0 Å². The number of ether oxygens (including phenoxy) is 1. The summed E-state index contributed by atoms with van der Waals surface area (Å²) in [7, 11) is 0. The molecule has 0 radical (unpaired) electrons. The third kappa shape index (κ3) is 9.45. The molecule has 256 valence electrons. The number of aryl methyl sites for hydroxylation is 1. The Balaban J connectivity index is 0.000000350. The van der Waals surface area contributed by atoms with Gasteiger partial charge < -0.3 is 31.0 Å². The van der Waals surface area contributed by atoms with E-state index < -0.39 is 11.9 Å². The summed E-state index contributed by atoms with van der Waals surface area (Å²) in [6.07, 6.45) is 1.97. The van der Waals surface area contributed by atoms with Gasteiger partial charge in [-0.25, -0.2) is 4.79 Å². The molecule has 4 amide bonds. The van der Waals surface area contributed by atoms with E-state index in [9.17, 15) is 24.0 Å². The molecule has 49 heavy (non-hydrogen) atoms. The predicted octanol–water partition coefficient (Wildman–Crippen LogP) is 3.19. The lowest BCUT2D eigenvalue weighted by Crippen LogP contribution is -2.46. The van der Waals surface area contributed by atoms with E-state index in [1.165, 1.54) is 18.2 Å². The number of nitrogens with one attached hydrogen (secondary N) is 2. The van der Waals surface area contributed by atoms with Crippen molar-refractivity contribution in [1.29, 1.82) is 5.41 Å². The molecular weight excluding hydrogens is 650 g/mol. The molecule has 0 spiro atoms. The summed E-state index contributed by atoms with van der Waals surface area (Å²) >= 11 is 6.02. The first kappa shape index (κ1) is 36.2. The summed E-state index contributed by atoms with van der Waals surface area (Å²) in [5.41, 5.74) is 12.3. The molecule has 3 heterocycles. The van der Waals surface area contributed by atoms with E-state index in [4.69, 9.17) is 33.2 Å². The first-order valence-corrected chi connectivity index (χ1v) is 15.9. The molecule has 1 aliphatic rings. The van der Waals surface area contributed by atoms with Crippen LogP contribution in [0.15, 0.2) is 83.8 Å². The van der Waals surface area contributed by atoms with Crippen LogP contribution in [-0.2, 0) is 30.9 Å². The van der Waals surface area contributed by atoms with Crippen LogP contribution in [0.1, 0.15) is 57.9 Å². The Morgan fingerprint density at radius 1 is 0.959 bits per heavy atom. The summed E-state index contributed by atoms with van der Waals surface area (Å²) in [5, 5.41) is 10.8. The summed E-state index contributed by atoms with van der Waals surface area (Å²) in [6.45, 7) is 5.23. The molecule has 4 aromatic rings. The maximum atomic E-state index is 13.4. The quantitative estimate of drug-likeness (QED) is 0.198. The van der Waals surface area contributed by atoms with Gasteiger partial charge >= 0.3 is 6.03 Å². The number of halogens is 1. The summed E-state index contributed by atoms with van der Waals surface area (Å²) in [5.74, 6) is -1.02. The number of pyridine rings is 2. The Bertz CT molecular complexity index is 1970. The summed E-state index contributed by atoms with van der Waals surface area (Å²) in [4.78, 5) is 62.2. The molecule has 1 aliphatic heterocycles. The average Bonchev–Trinajstić information content (AvgIpc) is 3.06. The van der Waals surface area contributed by atoms with Crippen LogP contribution < -0.4 is 32.4 Å². The fourth-order valence-corrected chi connectivity index (χ4v) is 5.37. The van der Waals surface area contributed by atoms with Gasteiger partial charge in [0.05, 0.1) is 12.1 Å². The van der Waals surface area contributed by atoms with Gasteiger partial charge in [-0.05, 0) is 55.7 Å². The number of nitrogens with zero attached hydrogens (tertiary/aromatic N) is 3. The van der Waals surface area contributed by atoms with E-state index in [1.807, 2.05) is 62.4 Å². The number of fused-ring (bicyclic) bond motifs is 1. The highest BCUT2D eigenvalue weighted by Crippen LogP contribution is 2.24. The standard InChI is InChI=1S/C28H30ClN3O4.C7H8N4O2/c1-19(2)31-13-14-32-23(17-30-25(34)12-11-20-9-6-10-22(29)15-20)16-24(33)27(26(32)28(31)35)36-18-21-7-4-3-5-8-21;8-5-2-1-4(6(9)12)3-11(5)7(10)13/h3-10,15-16,19H,11-14,17-18H2,1-2H3,(H,30,34);1-3,8H,(H2,9,12)(H2,10,13). The van der Waals surface area contributed by atoms with Crippen molar-refractivity contribution < 1.29 is 23.9 Å². The zero-order chi connectivity index (χ0) is 35.7. The van der Waals surface area contributed by atoms with Crippen LogP contribution in [-0.4, -0.2) is 50.4 Å². The number of hydrogen-bond acceptors (Lipinski definition) is 7. The van der Waals surface area contributed by atoms with Crippen molar-refractivity contribution >= 4 is 35.4 Å². The highest BCUT2D eigenvalue weighted by atomic mass is 35.5. The van der Waals surface area contributed by atoms with E-state index >= 15 is 0 Å². The number of benzene rings is 2. The maximum absolute atomic E-state index is 13.4. The van der Waals surface area contributed by atoms with E-state index in [2.05, 4.69) is 5.32 Å². The van der Waals surface area contributed by atoms with Gasteiger partial charge in [0.15, 0.2) is 11.4 Å². The molecule has 0 atom stereocenters. The second kappa shape index (κ2) is 16.4. The van der Waals surface area contributed by atoms with Crippen molar-refractivity contribution in [2.45, 2.75) is 52.4 Å². The second-order valence-corrected chi connectivity index (χ2v) is 11.9. The average molecular weight is 688 g/mol. The van der Waals surface area contributed by atoms with Crippen molar-refractivity contribution in [2.24, 2.45) is 11.5 Å². The van der Waals surface area contributed by atoms with Gasteiger partial charge in [0.1, 0.15) is 12.1 Å². The molecule has 0 saturated carbocycles. The Kier molecular flexibility index (Phi) is 12.1. The molecular formula is C35H38ClN7O6. The van der Waals surface area contributed by atoms with Gasteiger partial charge in [-0.2, -0.15) is 0 Å². The van der Waals surface area contributed by atoms with Crippen LogP contribution in [0, 0.1) is 5.41 Å². The third-order valence-electron chi connectivity index (χ3n) is 7.70. The summed E-state index contributed by atoms with van der Waals surface area (Å²) in [6, 6.07) is 20.1. The number of carbonyl (C=O) groups excluding carboxylic acids is 4. The number of amides is 4. The molecule has 2 aromatic heterocycles. The lowest BCUT2D eigenvalue weighted by Gasteiger charge is -2.35. The van der Waals surface area contributed by atoms with E-state index in [0.717, 1.165) is 21.9 Å². The maximum Gasteiger partial charge on any atom is 0.324 e. The van der Waals surface area contributed by atoms with Crippen molar-refractivity contribution in [2.75, 3.05) is 6.54 Å². The number of rotatable bonds is 10. The van der Waals surface area contributed by atoms with Gasteiger partial charge in [-0.15, -0.1) is 0 Å². The van der Waals surface area contributed by atoms with Crippen LogP contribution in [0.5, 0.6) is 5.75 Å². The Morgan fingerprint density at radius 3 is 2.33 bits per heavy atom. The van der Waals surface area contributed by atoms with Crippen LogP contribution in [0.2, 0.25) is 5.02 Å². The fourth-order valence-electron chi connectivity index (χ4n) is 5.16. The molecule has 0 unspecified atom stereocenters. The first-order chi connectivity index (χ1) is 23.3. The SMILES string of the molecule is CC(C)N1CCn2c(CNC(=O)CCc3cccc(Cl)c3)cc(=O)c(OCc3ccccc3)c2C1=O.N=c1ccc(C(N)=O)cn1C(N)=O. The van der Waals surface area contributed by atoms with Gasteiger partial charge in [0.25, 0.3) is 5.91 Å². The number of nitrogens with two attached hydrogens (primary N) is 2. The lowest BCUT2D eigenvalue weighted by atomic mass is 10.1. The first-order valence-electron chi connectivity index (χ1n) is 15.5. The zero-order valence-corrected chi connectivity index (χ0v) is 27.9. The van der Waals surface area contributed by atoms with E-state index in [-0.39, 0.29) is 65.4 Å². The molecule has 0 saturated heterocycles. The number of primary amides is 2. The van der Waals surface area contributed by atoms with Crippen LogP contribution in [0.4, 0.5) is 4.79 Å². The largest absolute Gasteiger partial charge is 0.483 e. The van der Waals surface area contributed by atoms with E-state index in [1.54, 1.807) is 15.5 Å². The number of aromatic nitrogens is 2. The third-order valence-corrected chi connectivity index (χ3v) is 7.93. The van der Waals surface area contributed by atoms with Crippen LogP contribution in [0.25, 0.3) is 0 Å². The highest BCUT2D eigenvalue weighted by molar-refractivity contribution is 6.30. The molecule has 0 fully saturated rings. The minimum atomic E-state index is -0.826. The number of hydrogen-bond donors (Lipinski definition) is 4. The minimum absolute atomic E-state index is 0.0156. The Hall–Kier alpha value is -5.69. The topological polar surface area (TPSA) is 196 Å². The monoisotopic (exact) mass is 687 g/mol. The normalized spacial score (nSPS) is 12.1. The molecule has 13 nitrogen and oxygen atoms in total. The smallest absolute Gasteiger partial charge is 0.324 e. The van der Waals surface area contributed by atoms with Gasteiger partial charge in [-0.3, -0.25) is 29.2 Å². The second-order valence-electron chi connectivity index (χ2n) is 11.5. The lowest BCUT2D eigenvalue weighted by molar-refractivity contribution is -0.121. The van der Waals surface area contributed by atoms with Crippen molar-refractivity contribution in [1.82, 2.24) is 19.4 Å². The Morgan fingerprint density at radius 2 is 1.67 bits per heavy atom. The molecule has 6 N–H and O–H groups in total. The van der Waals surface area contributed by atoms with Gasteiger partial charge in [0, 0.05) is 48.5 Å². The molecule has 14 heteroatoms. The molecule has 0 aliphatic carbocycles. The summed E-state index contributed by atoms with van der Waals surface area (Å²) < 4.78 is 8.56. The van der Waals surface area contributed by atoms with Crippen molar-refractivity contribution in [3.63, 3.8) is 0 Å². The van der Waals surface area contributed by atoms with Gasteiger partial charge in [-0.1, -0.05) is 54.1 Å². The molecule has 2 aromatic carbocycles. The van der Waals surface area contributed by atoms with Crippen molar-refractivity contribution in [3.8, 4) is 5.75 Å². The van der Waals surface area contributed by atoms with Gasteiger partial charge in [0.2, 0.25) is 17.2 Å². The van der Waals surface area contributed by atoms with Crippen LogP contribution >= 0.6 is 11.6 Å². The fraction of sp³-hybridized carbons (Fsp3) is 0.257.